The Kier molecular flexibility index (Phi) is 5.62. The van der Waals surface area contributed by atoms with E-state index in [0.29, 0.717) is 6.04 Å². The highest BCUT2D eigenvalue weighted by Gasteiger charge is 2.32. The van der Waals surface area contributed by atoms with E-state index in [2.05, 4.69) is 43.4 Å². The lowest BCUT2D eigenvalue weighted by Gasteiger charge is -2.38. The van der Waals surface area contributed by atoms with Gasteiger partial charge >= 0.3 is 0 Å². The summed E-state index contributed by atoms with van der Waals surface area (Å²) in [5.74, 6) is 0. The molecule has 2 nitrogen and oxygen atoms in total. The topological polar surface area (TPSA) is 32.3 Å². The molecule has 0 radical (unpaired) electrons. The minimum atomic E-state index is -0.270. The van der Waals surface area contributed by atoms with Gasteiger partial charge in [-0.25, -0.2) is 0 Å². The van der Waals surface area contributed by atoms with Crippen LogP contribution in [0.3, 0.4) is 0 Å². The second-order valence-corrected chi connectivity index (χ2v) is 6.12. The van der Waals surface area contributed by atoms with Crippen molar-refractivity contribution in [2.45, 2.75) is 70.4 Å². The first-order chi connectivity index (χ1) is 9.74. The summed E-state index contributed by atoms with van der Waals surface area (Å²) < 4.78 is 0. The summed E-state index contributed by atoms with van der Waals surface area (Å²) in [5.41, 5.74) is 2.31. The van der Waals surface area contributed by atoms with Crippen LogP contribution in [0, 0.1) is 0 Å². The van der Waals surface area contributed by atoms with Gasteiger partial charge in [0.2, 0.25) is 0 Å². The molecule has 0 saturated heterocycles. The molecule has 1 aromatic rings. The number of aliphatic hydroxyl groups is 1. The lowest BCUT2D eigenvalue weighted by atomic mass is 9.84. The Morgan fingerprint density at radius 1 is 1.10 bits per heavy atom. The van der Waals surface area contributed by atoms with Crippen molar-refractivity contribution < 1.29 is 5.11 Å². The molecule has 1 aliphatic rings. The van der Waals surface area contributed by atoms with Crippen LogP contribution in [0.2, 0.25) is 0 Å². The van der Waals surface area contributed by atoms with Crippen molar-refractivity contribution in [3.05, 3.63) is 35.4 Å². The van der Waals surface area contributed by atoms with Crippen LogP contribution in [0.15, 0.2) is 24.3 Å². The normalized spacial score (nSPS) is 19.8. The maximum absolute atomic E-state index is 10.0. The number of aliphatic hydroxyl groups excluding tert-OH is 1. The zero-order valence-corrected chi connectivity index (χ0v) is 13.0. The molecule has 1 unspecified atom stereocenters. The van der Waals surface area contributed by atoms with E-state index < -0.39 is 0 Å². The second kappa shape index (κ2) is 7.24. The first kappa shape index (κ1) is 15.5. The Hall–Kier alpha value is -0.860. The summed E-state index contributed by atoms with van der Waals surface area (Å²) in [6.45, 7) is 4.51. The minimum absolute atomic E-state index is 0.172. The number of nitrogens with one attached hydrogen (secondary N) is 1. The third-order valence-electron chi connectivity index (χ3n) is 4.87. The molecule has 1 atom stereocenters. The maximum atomic E-state index is 10.0. The molecule has 0 aliphatic heterocycles. The molecular weight excluding hydrogens is 246 g/mol. The van der Waals surface area contributed by atoms with E-state index in [1.165, 1.54) is 43.2 Å². The van der Waals surface area contributed by atoms with Crippen LogP contribution in [0.1, 0.15) is 63.5 Å². The largest absolute Gasteiger partial charge is 0.394 e. The summed E-state index contributed by atoms with van der Waals surface area (Å²) in [5, 5.41) is 13.8. The van der Waals surface area contributed by atoms with Gasteiger partial charge in [0.1, 0.15) is 0 Å². The summed E-state index contributed by atoms with van der Waals surface area (Å²) >= 11 is 0. The summed E-state index contributed by atoms with van der Waals surface area (Å²) in [6, 6.07) is 9.32. The smallest absolute Gasteiger partial charge is 0.0668 e. The fourth-order valence-corrected chi connectivity index (χ4v) is 3.34. The summed E-state index contributed by atoms with van der Waals surface area (Å²) in [4.78, 5) is 0. The molecule has 112 valence electrons. The molecule has 1 saturated carbocycles. The molecule has 0 aromatic heterocycles. The minimum Gasteiger partial charge on any atom is -0.394 e. The van der Waals surface area contributed by atoms with Crippen LogP contribution in [-0.4, -0.2) is 17.8 Å². The van der Waals surface area contributed by atoms with E-state index in [-0.39, 0.29) is 12.1 Å². The van der Waals surface area contributed by atoms with E-state index in [1.54, 1.807) is 0 Å². The van der Waals surface area contributed by atoms with E-state index in [0.717, 1.165) is 12.8 Å². The van der Waals surface area contributed by atoms with Crippen molar-refractivity contribution >= 4 is 0 Å². The van der Waals surface area contributed by atoms with Gasteiger partial charge in [0.15, 0.2) is 0 Å². The van der Waals surface area contributed by atoms with Crippen molar-refractivity contribution in [3.63, 3.8) is 0 Å². The van der Waals surface area contributed by atoms with Gasteiger partial charge in [-0.15, -0.1) is 0 Å². The number of rotatable bonds is 6. The predicted molar refractivity (Wildman–Crippen MR) is 84.9 cm³/mol. The fourth-order valence-electron chi connectivity index (χ4n) is 3.34. The Labute approximate surface area is 123 Å². The Balaban J connectivity index is 2.17. The highest BCUT2D eigenvalue weighted by atomic mass is 16.3. The molecule has 0 bridgehead atoms. The van der Waals surface area contributed by atoms with Gasteiger partial charge in [-0.05, 0) is 36.8 Å². The lowest BCUT2D eigenvalue weighted by molar-refractivity contribution is 0.132. The van der Waals surface area contributed by atoms with Gasteiger partial charge < -0.3 is 10.4 Å². The molecule has 2 rings (SSSR count). The quantitative estimate of drug-likeness (QED) is 0.828. The van der Waals surface area contributed by atoms with Gasteiger partial charge in [0, 0.05) is 6.04 Å². The third kappa shape index (κ3) is 3.42. The highest BCUT2D eigenvalue weighted by molar-refractivity contribution is 5.29. The van der Waals surface area contributed by atoms with Crippen molar-refractivity contribution in [2.24, 2.45) is 0 Å². The average Bonchev–Trinajstić information content (AvgIpc) is 2.54. The second-order valence-electron chi connectivity index (χ2n) is 6.12. The molecule has 1 aliphatic carbocycles. The van der Waals surface area contributed by atoms with E-state index in [4.69, 9.17) is 0 Å². The zero-order valence-electron chi connectivity index (χ0n) is 13.0. The first-order valence-electron chi connectivity index (χ1n) is 8.22. The molecular formula is C18H29NO. The number of hydrogen-bond acceptors (Lipinski definition) is 2. The van der Waals surface area contributed by atoms with Crippen LogP contribution in [0.4, 0.5) is 0 Å². The van der Waals surface area contributed by atoms with Crippen molar-refractivity contribution in [1.29, 1.82) is 0 Å². The van der Waals surface area contributed by atoms with Gasteiger partial charge in [0.25, 0.3) is 0 Å². The van der Waals surface area contributed by atoms with Gasteiger partial charge in [0.05, 0.1) is 12.1 Å². The van der Waals surface area contributed by atoms with Crippen LogP contribution >= 0.6 is 0 Å². The van der Waals surface area contributed by atoms with Crippen LogP contribution in [-0.2, 0) is 12.0 Å². The predicted octanol–water partition coefficient (Wildman–Crippen LogP) is 3.77. The Morgan fingerprint density at radius 3 is 2.25 bits per heavy atom. The third-order valence-corrected chi connectivity index (χ3v) is 4.87. The Morgan fingerprint density at radius 2 is 1.75 bits per heavy atom. The van der Waals surface area contributed by atoms with Crippen LogP contribution < -0.4 is 5.32 Å². The van der Waals surface area contributed by atoms with Gasteiger partial charge in [-0.1, -0.05) is 57.4 Å². The number of aryl methyl sites for hydroxylation is 1. The Bertz CT molecular complexity index is 388. The summed E-state index contributed by atoms with van der Waals surface area (Å²) in [7, 11) is 0. The average molecular weight is 275 g/mol. The van der Waals surface area contributed by atoms with Crippen LogP contribution in [0.5, 0.6) is 0 Å². The SMILES string of the molecule is CCc1ccc(C(CC)(CO)NC2CCCCC2)cc1. The fraction of sp³-hybridized carbons (Fsp3) is 0.667. The number of hydrogen-bond donors (Lipinski definition) is 2. The lowest BCUT2D eigenvalue weighted by Crippen LogP contribution is -2.50. The molecule has 1 aromatic carbocycles. The van der Waals surface area contributed by atoms with Crippen molar-refractivity contribution in [3.8, 4) is 0 Å². The van der Waals surface area contributed by atoms with Gasteiger partial charge in [-0.2, -0.15) is 0 Å². The van der Waals surface area contributed by atoms with Crippen molar-refractivity contribution in [1.82, 2.24) is 5.32 Å². The molecule has 0 spiro atoms. The molecule has 2 N–H and O–H groups in total. The number of benzene rings is 1. The van der Waals surface area contributed by atoms with E-state index in [1.807, 2.05) is 0 Å². The summed E-state index contributed by atoms with van der Waals surface area (Å²) in [6.07, 6.45) is 8.47. The molecule has 0 amide bonds. The van der Waals surface area contributed by atoms with Crippen molar-refractivity contribution in [2.75, 3.05) is 6.61 Å². The van der Waals surface area contributed by atoms with E-state index in [9.17, 15) is 5.11 Å². The molecule has 2 heteroatoms. The monoisotopic (exact) mass is 275 g/mol. The molecule has 1 fully saturated rings. The van der Waals surface area contributed by atoms with Crippen LogP contribution in [0.25, 0.3) is 0 Å². The highest BCUT2D eigenvalue weighted by Crippen LogP contribution is 2.29. The standard InChI is InChI=1S/C18H29NO/c1-3-15-10-12-16(13-11-15)18(4-2,14-20)19-17-8-6-5-7-9-17/h10-13,17,19-20H,3-9,14H2,1-2H3. The first-order valence-corrected chi connectivity index (χ1v) is 8.22. The molecule has 0 heterocycles. The molecule has 20 heavy (non-hydrogen) atoms. The van der Waals surface area contributed by atoms with E-state index >= 15 is 0 Å². The zero-order chi connectivity index (χ0) is 14.4. The maximum Gasteiger partial charge on any atom is 0.0668 e. The van der Waals surface area contributed by atoms with Gasteiger partial charge in [-0.3, -0.25) is 0 Å².